The number of aliphatic hydroxyl groups excluding tert-OH is 2. The molecule has 4 saturated carbocycles. The number of aliphatic hydroxyl groups is 2. The summed E-state index contributed by atoms with van der Waals surface area (Å²) in [6.07, 6.45) is 15.4. The van der Waals surface area contributed by atoms with Crippen molar-refractivity contribution in [2.45, 2.75) is 144 Å². The van der Waals surface area contributed by atoms with E-state index in [1.54, 1.807) is 0 Å². The Morgan fingerprint density at radius 1 is 0.729 bits per heavy atom. The summed E-state index contributed by atoms with van der Waals surface area (Å²) in [6.45, 7) is 21.7. The van der Waals surface area contributed by atoms with Crippen LogP contribution in [-0.4, -0.2) is 48.6 Å². The first kappa shape index (κ1) is 38.6. The molecule has 270 valence electrons. The molecule has 0 aromatic rings. The molecule has 10 atom stereocenters. The van der Waals surface area contributed by atoms with Gasteiger partial charge < -0.3 is 19.7 Å². The monoisotopic (exact) mass is 666 g/mol. The average Bonchev–Trinajstić information content (AvgIpc) is 3.04. The summed E-state index contributed by atoms with van der Waals surface area (Å²) in [4.78, 5) is 25.9. The van der Waals surface area contributed by atoms with Crippen molar-refractivity contribution in [3.8, 4) is 0 Å². The lowest BCUT2D eigenvalue weighted by molar-refractivity contribution is -0.168. The van der Waals surface area contributed by atoms with E-state index >= 15 is 0 Å². The number of methoxy groups -OCH3 is 2. The minimum absolute atomic E-state index is 0.0932. The van der Waals surface area contributed by atoms with Gasteiger partial charge in [0.25, 0.3) is 0 Å². The van der Waals surface area contributed by atoms with Gasteiger partial charge in [-0.3, -0.25) is 9.59 Å². The molecule has 6 heteroatoms. The van der Waals surface area contributed by atoms with Crippen LogP contribution in [0.4, 0.5) is 0 Å². The van der Waals surface area contributed by atoms with Gasteiger partial charge in [0.15, 0.2) is 0 Å². The second-order valence-corrected chi connectivity index (χ2v) is 17.1. The number of hydrogen-bond acceptors (Lipinski definition) is 6. The number of unbranched alkanes of at least 4 members (excludes halogenated alkanes) is 1. The standard InChI is InChI=1S/C42H66O6/c1-27-17-19-35-39(5,21-13-23-41(35,7)37(45)47-9)31(27)25-33(43)29(3)15-11-12-16-30(4)34(44)26-32-28(2)18-20-36-40(32,6)22-14-24-42(36,8)38(46)48-10/h15-16,31-36,43-44H,1-2,11-14,17-26H2,3-10H3/b29-15+,30-16+/t31-,32-,33-,34+,35?,36?,39+,40+,41-,42-/m0/s1. The molecule has 4 rings (SSSR count). The zero-order valence-electron chi connectivity index (χ0n) is 31.5. The van der Waals surface area contributed by atoms with Gasteiger partial charge in [-0.1, -0.05) is 63.1 Å². The summed E-state index contributed by atoms with van der Waals surface area (Å²) < 4.78 is 10.6. The summed E-state index contributed by atoms with van der Waals surface area (Å²) in [5.41, 5.74) is 3.17. The normalized spacial score (nSPS) is 38.8. The van der Waals surface area contributed by atoms with Crippen LogP contribution in [0.25, 0.3) is 0 Å². The fourth-order valence-electron chi connectivity index (χ4n) is 11.4. The highest BCUT2D eigenvalue weighted by atomic mass is 16.5. The quantitative estimate of drug-likeness (QED) is 0.130. The van der Waals surface area contributed by atoms with Gasteiger partial charge in [0.2, 0.25) is 0 Å². The lowest BCUT2D eigenvalue weighted by atomic mass is 9.46. The van der Waals surface area contributed by atoms with Gasteiger partial charge in [-0.2, -0.15) is 0 Å². The average molecular weight is 667 g/mol. The molecule has 2 unspecified atom stereocenters. The molecule has 0 aromatic carbocycles. The molecule has 4 aliphatic rings. The second kappa shape index (κ2) is 15.0. The molecule has 0 heterocycles. The minimum Gasteiger partial charge on any atom is -0.469 e. The van der Waals surface area contributed by atoms with Crippen LogP contribution in [0.5, 0.6) is 0 Å². The Kier molecular flexibility index (Phi) is 12.0. The topological polar surface area (TPSA) is 93.1 Å². The van der Waals surface area contributed by atoms with Gasteiger partial charge >= 0.3 is 11.9 Å². The number of ether oxygens (including phenoxy) is 2. The van der Waals surface area contributed by atoms with Crippen molar-refractivity contribution in [1.29, 1.82) is 0 Å². The number of carbonyl (C=O) groups excluding carboxylic acids is 2. The SMILES string of the molecule is C=C1CCC2[C@](C)(CCC[C@]2(C)C(=O)OC)[C@H]1C[C@@H](O)/C(C)=C/CC/C=C(\C)[C@@H](O)C[C@H]1C(=C)CCC2[C@]1(C)CCC[C@]2(C)C(=O)OC. The number of hydrogen-bond donors (Lipinski definition) is 2. The van der Waals surface area contributed by atoms with Crippen LogP contribution in [0, 0.1) is 45.3 Å². The van der Waals surface area contributed by atoms with Crippen molar-refractivity contribution >= 4 is 11.9 Å². The highest BCUT2D eigenvalue weighted by Gasteiger charge is 2.59. The van der Waals surface area contributed by atoms with E-state index in [9.17, 15) is 19.8 Å². The highest BCUT2D eigenvalue weighted by molar-refractivity contribution is 5.77. The molecule has 0 aliphatic heterocycles. The van der Waals surface area contributed by atoms with E-state index in [4.69, 9.17) is 9.47 Å². The maximum Gasteiger partial charge on any atom is 0.311 e. The Morgan fingerprint density at radius 3 is 1.42 bits per heavy atom. The lowest BCUT2D eigenvalue weighted by Gasteiger charge is -2.57. The van der Waals surface area contributed by atoms with Crippen LogP contribution >= 0.6 is 0 Å². The number of esters is 2. The fraction of sp³-hybridized carbons (Fsp3) is 0.762. The van der Waals surface area contributed by atoms with Crippen LogP contribution < -0.4 is 0 Å². The number of allylic oxidation sites excluding steroid dienone is 4. The Bertz CT molecular complexity index is 1200. The lowest BCUT2D eigenvalue weighted by Crippen LogP contribution is -2.54. The van der Waals surface area contributed by atoms with E-state index < -0.39 is 23.0 Å². The molecular formula is C42H66O6. The van der Waals surface area contributed by atoms with Gasteiger partial charge in [-0.05, 0) is 150 Å². The van der Waals surface area contributed by atoms with Gasteiger partial charge in [-0.15, -0.1) is 0 Å². The zero-order valence-corrected chi connectivity index (χ0v) is 31.5. The number of fused-ring (bicyclic) bond motifs is 2. The molecule has 48 heavy (non-hydrogen) atoms. The third-order valence-corrected chi connectivity index (χ3v) is 14.4. The number of carbonyl (C=O) groups is 2. The zero-order chi connectivity index (χ0) is 35.7. The van der Waals surface area contributed by atoms with Crippen LogP contribution in [-0.2, 0) is 19.1 Å². The first-order valence-corrected chi connectivity index (χ1v) is 18.7. The van der Waals surface area contributed by atoms with Crippen molar-refractivity contribution in [1.82, 2.24) is 0 Å². The van der Waals surface area contributed by atoms with E-state index in [1.807, 2.05) is 13.8 Å². The largest absolute Gasteiger partial charge is 0.469 e. The molecular weight excluding hydrogens is 600 g/mol. The summed E-state index contributed by atoms with van der Waals surface area (Å²) in [6, 6.07) is 0. The molecule has 0 amide bonds. The summed E-state index contributed by atoms with van der Waals surface area (Å²) in [7, 11) is 2.99. The smallest absolute Gasteiger partial charge is 0.311 e. The van der Waals surface area contributed by atoms with Crippen molar-refractivity contribution < 1.29 is 29.3 Å². The summed E-state index contributed by atoms with van der Waals surface area (Å²) in [5, 5.41) is 22.8. The summed E-state index contributed by atoms with van der Waals surface area (Å²) in [5.74, 6) is 0.531. The van der Waals surface area contributed by atoms with Crippen molar-refractivity contribution in [2.75, 3.05) is 14.2 Å². The van der Waals surface area contributed by atoms with Crippen molar-refractivity contribution in [3.05, 3.63) is 47.6 Å². The predicted molar refractivity (Wildman–Crippen MR) is 193 cm³/mol. The van der Waals surface area contributed by atoms with Crippen LogP contribution in [0.15, 0.2) is 47.6 Å². The maximum atomic E-state index is 12.9. The predicted octanol–water partition coefficient (Wildman–Crippen LogP) is 9.07. The third-order valence-electron chi connectivity index (χ3n) is 14.4. The van der Waals surface area contributed by atoms with E-state index in [-0.39, 0.29) is 46.4 Å². The fourth-order valence-corrected chi connectivity index (χ4v) is 11.4. The molecule has 0 aromatic heterocycles. The molecule has 4 fully saturated rings. The second-order valence-electron chi connectivity index (χ2n) is 17.1. The van der Waals surface area contributed by atoms with E-state index in [1.165, 1.54) is 25.4 Å². The summed E-state index contributed by atoms with van der Waals surface area (Å²) >= 11 is 0. The Labute approximate surface area is 291 Å². The minimum atomic E-state index is -0.568. The number of rotatable bonds is 11. The Hall–Kier alpha value is -2.18. The highest BCUT2D eigenvalue weighted by Crippen LogP contribution is 2.63. The van der Waals surface area contributed by atoms with E-state index in [2.05, 4.69) is 53.0 Å². The van der Waals surface area contributed by atoms with Gasteiger partial charge in [0.05, 0.1) is 37.3 Å². The van der Waals surface area contributed by atoms with Gasteiger partial charge in [-0.25, -0.2) is 0 Å². The third kappa shape index (κ3) is 7.04. The Balaban J connectivity index is 1.37. The van der Waals surface area contributed by atoms with E-state index in [0.29, 0.717) is 12.8 Å². The molecule has 0 spiro atoms. The molecule has 0 bridgehead atoms. The van der Waals surface area contributed by atoms with Crippen LogP contribution in [0.1, 0.15) is 131 Å². The first-order valence-electron chi connectivity index (χ1n) is 18.7. The molecule has 6 nitrogen and oxygen atoms in total. The molecule has 2 N–H and O–H groups in total. The Morgan fingerprint density at radius 2 is 1.08 bits per heavy atom. The molecule has 0 saturated heterocycles. The first-order chi connectivity index (χ1) is 22.5. The van der Waals surface area contributed by atoms with Crippen LogP contribution in [0.3, 0.4) is 0 Å². The van der Waals surface area contributed by atoms with Gasteiger partial charge in [0, 0.05) is 0 Å². The molecule has 4 aliphatic carbocycles. The van der Waals surface area contributed by atoms with Gasteiger partial charge in [0.1, 0.15) is 0 Å². The van der Waals surface area contributed by atoms with Crippen molar-refractivity contribution in [2.24, 2.45) is 45.3 Å². The van der Waals surface area contributed by atoms with Crippen molar-refractivity contribution in [3.63, 3.8) is 0 Å². The van der Waals surface area contributed by atoms with Crippen LogP contribution in [0.2, 0.25) is 0 Å². The maximum absolute atomic E-state index is 12.9. The van der Waals surface area contributed by atoms with E-state index in [0.717, 1.165) is 88.2 Å². The molecule has 0 radical (unpaired) electrons.